The number of hydrogen-bond acceptors (Lipinski definition) is 4. The summed E-state index contributed by atoms with van der Waals surface area (Å²) >= 11 is 0. The summed E-state index contributed by atoms with van der Waals surface area (Å²) in [5, 5.41) is 3.41. The second kappa shape index (κ2) is 8.56. The number of amides is 1. The summed E-state index contributed by atoms with van der Waals surface area (Å²) in [6.45, 7) is 7.86. The first-order chi connectivity index (χ1) is 12.2. The van der Waals surface area contributed by atoms with Crippen molar-refractivity contribution < 1.29 is 9.53 Å². The molecule has 5 nitrogen and oxygen atoms in total. The Kier molecular flexibility index (Phi) is 6.19. The molecular formula is C20H31N3O2. The number of ether oxygens (including phenoxy) is 1. The van der Waals surface area contributed by atoms with Gasteiger partial charge in [-0.15, -0.1) is 0 Å². The molecule has 2 aliphatic heterocycles. The standard InChI is InChI=1S/C20H31N3O2/c1-16(17-6-8-21-9-7-17)14-20(24)23-12-10-22(11-13-23)18-4-3-5-19(15-18)25-2/h3-5,15-17,21H,6-14H2,1-2H3. The molecule has 0 saturated carbocycles. The lowest BCUT2D eigenvalue weighted by atomic mass is 9.84. The zero-order valence-electron chi connectivity index (χ0n) is 15.5. The third-order valence-electron chi connectivity index (χ3n) is 5.74. The van der Waals surface area contributed by atoms with Crippen LogP contribution >= 0.6 is 0 Å². The monoisotopic (exact) mass is 345 g/mol. The maximum absolute atomic E-state index is 12.7. The zero-order chi connectivity index (χ0) is 17.6. The fourth-order valence-electron chi connectivity index (χ4n) is 4.01. The third-order valence-corrected chi connectivity index (χ3v) is 5.74. The van der Waals surface area contributed by atoms with Crippen LogP contribution in [0.1, 0.15) is 26.2 Å². The molecule has 1 amide bonds. The molecule has 0 spiro atoms. The largest absolute Gasteiger partial charge is 0.497 e. The van der Waals surface area contributed by atoms with Crippen LogP contribution in [0.15, 0.2) is 24.3 Å². The minimum absolute atomic E-state index is 0.330. The molecule has 2 saturated heterocycles. The minimum Gasteiger partial charge on any atom is -0.497 e. The van der Waals surface area contributed by atoms with Crippen LogP contribution in [0, 0.1) is 11.8 Å². The Labute approximate surface area is 151 Å². The Bertz CT molecular complexity index is 564. The predicted octanol–water partition coefficient (Wildman–Crippen LogP) is 2.37. The first-order valence-electron chi connectivity index (χ1n) is 9.55. The van der Waals surface area contributed by atoms with E-state index in [1.807, 2.05) is 17.0 Å². The van der Waals surface area contributed by atoms with Crippen LogP contribution in [0.4, 0.5) is 5.69 Å². The summed E-state index contributed by atoms with van der Waals surface area (Å²) in [4.78, 5) is 17.1. The van der Waals surface area contributed by atoms with Crippen molar-refractivity contribution >= 4 is 11.6 Å². The van der Waals surface area contributed by atoms with Gasteiger partial charge < -0.3 is 19.9 Å². The first kappa shape index (κ1) is 18.1. The number of nitrogens with one attached hydrogen (secondary N) is 1. The average Bonchev–Trinajstić information content (AvgIpc) is 2.68. The number of benzene rings is 1. The zero-order valence-corrected chi connectivity index (χ0v) is 15.5. The summed E-state index contributed by atoms with van der Waals surface area (Å²) < 4.78 is 5.31. The van der Waals surface area contributed by atoms with Gasteiger partial charge >= 0.3 is 0 Å². The van der Waals surface area contributed by atoms with Crippen molar-refractivity contribution in [3.63, 3.8) is 0 Å². The number of methoxy groups -OCH3 is 1. The number of hydrogen-bond donors (Lipinski definition) is 1. The lowest BCUT2D eigenvalue weighted by molar-refractivity contribution is -0.132. The average molecular weight is 345 g/mol. The molecule has 1 N–H and O–H groups in total. The summed E-state index contributed by atoms with van der Waals surface area (Å²) in [7, 11) is 1.69. The van der Waals surface area contributed by atoms with Crippen molar-refractivity contribution in [2.45, 2.75) is 26.2 Å². The molecule has 0 bridgehead atoms. The van der Waals surface area contributed by atoms with Crippen molar-refractivity contribution in [2.75, 3.05) is 51.3 Å². The van der Waals surface area contributed by atoms with E-state index in [0.29, 0.717) is 24.2 Å². The van der Waals surface area contributed by atoms with Crippen LogP contribution in [0.3, 0.4) is 0 Å². The first-order valence-corrected chi connectivity index (χ1v) is 9.55. The fourth-order valence-corrected chi connectivity index (χ4v) is 4.01. The maximum Gasteiger partial charge on any atom is 0.222 e. The van der Waals surface area contributed by atoms with Crippen LogP contribution in [-0.2, 0) is 4.79 Å². The summed E-state index contributed by atoms with van der Waals surface area (Å²) in [6.07, 6.45) is 3.11. The number of piperidine rings is 1. The Morgan fingerprint density at radius 2 is 1.96 bits per heavy atom. The van der Waals surface area contributed by atoms with Crippen LogP contribution in [0.5, 0.6) is 5.75 Å². The van der Waals surface area contributed by atoms with Gasteiger partial charge in [-0.1, -0.05) is 13.0 Å². The Hall–Kier alpha value is -1.75. The third kappa shape index (κ3) is 4.66. The van der Waals surface area contributed by atoms with Gasteiger partial charge in [0.15, 0.2) is 0 Å². The number of anilines is 1. The van der Waals surface area contributed by atoms with E-state index < -0.39 is 0 Å². The van der Waals surface area contributed by atoms with E-state index in [4.69, 9.17) is 4.74 Å². The van der Waals surface area contributed by atoms with Crippen molar-refractivity contribution in [2.24, 2.45) is 11.8 Å². The van der Waals surface area contributed by atoms with Crippen molar-refractivity contribution in [3.05, 3.63) is 24.3 Å². The van der Waals surface area contributed by atoms with E-state index in [1.165, 1.54) is 18.5 Å². The van der Waals surface area contributed by atoms with Crippen LogP contribution in [0.2, 0.25) is 0 Å². The number of carbonyl (C=O) groups is 1. The summed E-state index contributed by atoms with van der Waals surface area (Å²) in [5.41, 5.74) is 1.18. The van der Waals surface area contributed by atoms with Gasteiger partial charge in [-0.25, -0.2) is 0 Å². The molecule has 1 aromatic rings. The van der Waals surface area contributed by atoms with E-state index >= 15 is 0 Å². The van der Waals surface area contributed by atoms with E-state index in [-0.39, 0.29) is 0 Å². The molecule has 5 heteroatoms. The van der Waals surface area contributed by atoms with E-state index in [1.54, 1.807) is 7.11 Å². The molecule has 1 unspecified atom stereocenters. The van der Waals surface area contributed by atoms with Crippen LogP contribution in [-0.4, -0.2) is 57.2 Å². The molecule has 2 aliphatic rings. The summed E-state index contributed by atoms with van der Waals surface area (Å²) in [5.74, 6) is 2.40. The highest BCUT2D eigenvalue weighted by Gasteiger charge is 2.26. The molecule has 138 valence electrons. The van der Waals surface area contributed by atoms with E-state index in [9.17, 15) is 4.79 Å². The van der Waals surface area contributed by atoms with Gasteiger partial charge in [0.1, 0.15) is 5.75 Å². The highest BCUT2D eigenvalue weighted by atomic mass is 16.5. The molecule has 2 heterocycles. The number of nitrogens with zero attached hydrogens (tertiary/aromatic N) is 2. The van der Waals surface area contributed by atoms with Gasteiger partial charge in [0.05, 0.1) is 7.11 Å². The highest BCUT2D eigenvalue weighted by Crippen LogP contribution is 2.26. The SMILES string of the molecule is COc1cccc(N2CCN(C(=O)CC(C)C3CCNCC3)CC2)c1. The Morgan fingerprint density at radius 1 is 1.24 bits per heavy atom. The molecule has 25 heavy (non-hydrogen) atoms. The highest BCUT2D eigenvalue weighted by molar-refractivity contribution is 5.76. The smallest absolute Gasteiger partial charge is 0.222 e. The maximum atomic E-state index is 12.7. The molecule has 1 atom stereocenters. The Balaban J connectivity index is 1.48. The van der Waals surface area contributed by atoms with E-state index in [2.05, 4.69) is 29.3 Å². The van der Waals surface area contributed by atoms with Gasteiger partial charge in [0.25, 0.3) is 0 Å². The van der Waals surface area contributed by atoms with Gasteiger partial charge in [0, 0.05) is 44.4 Å². The molecule has 0 aliphatic carbocycles. The lowest BCUT2D eigenvalue weighted by Crippen LogP contribution is -2.49. The van der Waals surface area contributed by atoms with Crippen LogP contribution < -0.4 is 15.0 Å². The number of carbonyl (C=O) groups excluding carboxylic acids is 1. The van der Waals surface area contributed by atoms with Crippen molar-refractivity contribution in [3.8, 4) is 5.75 Å². The quantitative estimate of drug-likeness (QED) is 0.890. The Morgan fingerprint density at radius 3 is 2.64 bits per heavy atom. The molecule has 0 aromatic heterocycles. The molecule has 1 aromatic carbocycles. The molecule has 2 fully saturated rings. The molecule has 3 rings (SSSR count). The van der Waals surface area contributed by atoms with Crippen molar-refractivity contribution in [1.29, 1.82) is 0 Å². The molecular weight excluding hydrogens is 314 g/mol. The van der Waals surface area contributed by atoms with E-state index in [0.717, 1.165) is 45.0 Å². The fraction of sp³-hybridized carbons (Fsp3) is 0.650. The topological polar surface area (TPSA) is 44.8 Å². The second-order valence-corrected chi connectivity index (χ2v) is 7.34. The summed E-state index contributed by atoms with van der Waals surface area (Å²) in [6, 6.07) is 8.16. The van der Waals surface area contributed by atoms with Gasteiger partial charge in [-0.05, 0) is 49.9 Å². The normalized spacial score (nSPS) is 20.4. The second-order valence-electron chi connectivity index (χ2n) is 7.34. The minimum atomic E-state index is 0.330. The van der Waals surface area contributed by atoms with Gasteiger partial charge in [-0.2, -0.15) is 0 Å². The van der Waals surface area contributed by atoms with Crippen LogP contribution in [0.25, 0.3) is 0 Å². The number of rotatable bonds is 5. The van der Waals surface area contributed by atoms with Gasteiger partial charge in [0.2, 0.25) is 5.91 Å². The number of piperazine rings is 1. The predicted molar refractivity (Wildman–Crippen MR) is 101 cm³/mol. The van der Waals surface area contributed by atoms with Gasteiger partial charge in [-0.3, -0.25) is 4.79 Å². The molecule has 0 radical (unpaired) electrons. The van der Waals surface area contributed by atoms with Crippen molar-refractivity contribution in [1.82, 2.24) is 10.2 Å². The lowest BCUT2D eigenvalue weighted by Gasteiger charge is -2.37.